The van der Waals surface area contributed by atoms with Crippen molar-refractivity contribution in [3.05, 3.63) is 53.2 Å². The maximum Gasteiger partial charge on any atom is 0.268 e. The minimum atomic E-state index is -0.0821. The van der Waals surface area contributed by atoms with Crippen molar-refractivity contribution in [1.29, 1.82) is 0 Å². The van der Waals surface area contributed by atoms with Crippen LogP contribution in [0.4, 0.5) is 0 Å². The number of aromatic amines is 1. The Kier molecular flexibility index (Phi) is 7.89. The summed E-state index contributed by atoms with van der Waals surface area (Å²) in [5.74, 6) is 0.671. The van der Waals surface area contributed by atoms with E-state index in [-0.39, 0.29) is 5.91 Å². The molecule has 1 aromatic heterocycles. The van der Waals surface area contributed by atoms with Gasteiger partial charge in [-0.25, -0.2) is 0 Å². The molecular formula is C26H32ClN3O2S. The van der Waals surface area contributed by atoms with Crippen LogP contribution in [0, 0.1) is 0 Å². The molecule has 4 rings (SSSR count). The summed E-state index contributed by atoms with van der Waals surface area (Å²) in [7, 11) is 1.64. The molecule has 1 aliphatic rings. The number of carbonyl (C=O) groups excluding carboxylic acids is 1. The van der Waals surface area contributed by atoms with Gasteiger partial charge < -0.3 is 15.0 Å². The van der Waals surface area contributed by atoms with Gasteiger partial charge in [-0.3, -0.25) is 9.69 Å². The first kappa shape index (κ1) is 24.0. The van der Waals surface area contributed by atoms with Crippen LogP contribution in [0.1, 0.15) is 50.0 Å². The number of hydrogen-bond donors (Lipinski definition) is 2. The number of rotatable bonds is 8. The number of ether oxygens (including phenoxy) is 1. The maximum absolute atomic E-state index is 13.2. The second kappa shape index (κ2) is 10.9. The van der Waals surface area contributed by atoms with Crippen LogP contribution in [0.3, 0.4) is 0 Å². The zero-order chi connectivity index (χ0) is 23.4. The molecule has 0 unspecified atom stereocenters. The molecule has 2 N–H and O–H groups in total. The normalized spacial score (nSPS) is 19.0. The van der Waals surface area contributed by atoms with Crippen LogP contribution >= 0.6 is 23.4 Å². The van der Waals surface area contributed by atoms with Crippen LogP contribution in [-0.4, -0.2) is 48.1 Å². The minimum Gasteiger partial charge on any atom is -0.497 e. The summed E-state index contributed by atoms with van der Waals surface area (Å²) in [6, 6.07) is 14.8. The lowest BCUT2D eigenvalue weighted by Gasteiger charge is -2.39. The maximum atomic E-state index is 13.2. The Morgan fingerprint density at radius 1 is 1.18 bits per heavy atom. The zero-order valence-corrected chi connectivity index (χ0v) is 21.1. The number of halogens is 1. The summed E-state index contributed by atoms with van der Waals surface area (Å²) in [4.78, 5) is 21.0. The smallest absolute Gasteiger partial charge is 0.268 e. The highest BCUT2D eigenvalue weighted by molar-refractivity contribution is 7.99. The second-order valence-corrected chi connectivity index (χ2v) is 10.3. The van der Waals surface area contributed by atoms with Crippen LogP contribution in [0.25, 0.3) is 10.9 Å². The fourth-order valence-electron chi connectivity index (χ4n) is 4.63. The average Bonchev–Trinajstić information content (AvgIpc) is 3.17. The number of benzene rings is 2. The van der Waals surface area contributed by atoms with Crippen molar-refractivity contribution < 1.29 is 9.53 Å². The highest BCUT2D eigenvalue weighted by Gasteiger charge is 2.24. The van der Waals surface area contributed by atoms with Gasteiger partial charge in [0.1, 0.15) is 11.4 Å². The van der Waals surface area contributed by atoms with Crippen molar-refractivity contribution in [2.75, 3.05) is 20.2 Å². The number of nitrogens with zero attached hydrogens (tertiary/aromatic N) is 1. The van der Waals surface area contributed by atoms with E-state index in [1.807, 2.05) is 42.5 Å². The molecule has 0 bridgehead atoms. The number of hydrogen-bond acceptors (Lipinski definition) is 4. The number of aromatic nitrogens is 1. The van der Waals surface area contributed by atoms with Gasteiger partial charge in [0.25, 0.3) is 5.91 Å². The number of nitrogens with one attached hydrogen (secondary N) is 2. The third-order valence-electron chi connectivity index (χ3n) is 6.47. The molecule has 1 fully saturated rings. The molecule has 0 radical (unpaired) electrons. The van der Waals surface area contributed by atoms with Crippen LogP contribution in [0.2, 0.25) is 5.02 Å². The Hall–Kier alpha value is -2.15. The van der Waals surface area contributed by atoms with Gasteiger partial charge in [0.05, 0.1) is 17.5 Å². The van der Waals surface area contributed by atoms with Gasteiger partial charge in [-0.05, 0) is 69.5 Å². The van der Waals surface area contributed by atoms with Gasteiger partial charge in [-0.15, -0.1) is 0 Å². The van der Waals surface area contributed by atoms with E-state index in [2.05, 4.69) is 29.0 Å². The molecule has 0 aliphatic carbocycles. The predicted molar refractivity (Wildman–Crippen MR) is 137 cm³/mol. The monoisotopic (exact) mass is 485 g/mol. The highest BCUT2D eigenvalue weighted by atomic mass is 35.5. The zero-order valence-electron chi connectivity index (χ0n) is 19.5. The van der Waals surface area contributed by atoms with E-state index in [4.69, 9.17) is 16.3 Å². The number of methoxy groups -OCH3 is 1. The Balaban J connectivity index is 1.49. The summed E-state index contributed by atoms with van der Waals surface area (Å²) < 4.78 is 5.37. The predicted octanol–water partition coefficient (Wildman–Crippen LogP) is 6.36. The summed E-state index contributed by atoms with van der Waals surface area (Å²) in [5.41, 5.74) is 1.46. The number of amides is 1. The summed E-state index contributed by atoms with van der Waals surface area (Å²) in [6.07, 6.45) is 4.78. The van der Waals surface area contributed by atoms with Gasteiger partial charge in [0, 0.05) is 46.5 Å². The second-order valence-electron chi connectivity index (χ2n) is 8.77. The SMILES string of the molecule is COc1ccc2c(Sc3ccc(Cl)cc3)c(C(=O)NCCCN3[C@H](C)CCC[C@H]3C)[nH]c2c1. The largest absolute Gasteiger partial charge is 0.497 e. The van der Waals surface area contributed by atoms with Crippen molar-refractivity contribution >= 4 is 40.2 Å². The van der Waals surface area contributed by atoms with Gasteiger partial charge in [-0.1, -0.05) is 29.8 Å². The molecule has 1 saturated heterocycles. The highest BCUT2D eigenvalue weighted by Crippen LogP contribution is 2.38. The molecule has 0 saturated carbocycles. The molecule has 2 aromatic carbocycles. The Morgan fingerprint density at radius 3 is 2.61 bits per heavy atom. The van der Waals surface area contributed by atoms with E-state index in [0.29, 0.717) is 29.3 Å². The van der Waals surface area contributed by atoms with Crippen LogP contribution in [0.15, 0.2) is 52.3 Å². The summed E-state index contributed by atoms with van der Waals surface area (Å²) in [6.45, 7) is 6.29. The van der Waals surface area contributed by atoms with Gasteiger partial charge >= 0.3 is 0 Å². The first-order valence-electron chi connectivity index (χ1n) is 11.6. The molecule has 1 aliphatic heterocycles. The van der Waals surface area contributed by atoms with E-state index in [0.717, 1.165) is 39.4 Å². The Bertz CT molecular complexity index is 1090. The van der Waals surface area contributed by atoms with E-state index in [9.17, 15) is 4.79 Å². The van der Waals surface area contributed by atoms with E-state index in [1.54, 1.807) is 18.9 Å². The van der Waals surface area contributed by atoms with Crippen molar-refractivity contribution in [2.24, 2.45) is 0 Å². The van der Waals surface area contributed by atoms with Gasteiger partial charge in [0.2, 0.25) is 0 Å². The molecule has 33 heavy (non-hydrogen) atoms. The standard InChI is InChI=1S/C26H32ClN3O2S/c1-17-6-4-7-18(2)30(17)15-5-14-28-26(31)24-25(33-21-11-8-19(27)9-12-21)22-13-10-20(32-3)16-23(22)29-24/h8-13,16-18,29H,4-7,14-15H2,1-3H3,(H,28,31)/t17-,18-/m1/s1. The van der Waals surface area contributed by atoms with Crippen molar-refractivity contribution in [2.45, 2.75) is 61.4 Å². The van der Waals surface area contributed by atoms with Crippen LogP contribution < -0.4 is 10.1 Å². The van der Waals surface area contributed by atoms with Crippen molar-refractivity contribution in [3.8, 4) is 5.75 Å². The fraction of sp³-hybridized carbons (Fsp3) is 0.423. The number of H-pyrrole nitrogens is 1. The lowest BCUT2D eigenvalue weighted by Crippen LogP contribution is -2.44. The molecule has 2 atom stereocenters. The van der Waals surface area contributed by atoms with Crippen LogP contribution in [-0.2, 0) is 0 Å². The minimum absolute atomic E-state index is 0.0821. The number of piperidine rings is 1. The van der Waals surface area contributed by atoms with Crippen molar-refractivity contribution in [3.63, 3.8) is 0 Å². The molecule has 2 heterocycles. The number of fused-ring (bicyclic) bond motifs is 1. The Morgan fingerprint density at radius 2 is 1.91 bits per heavy atom. The molecule has 1 amide bonds. The van der Waals surface area contributed by atoms with E-state index < -0.39 is 0 Å². The number of carbonyl (C=O) groups is 1. The van der Waals surface area contributed by atoms with E-state index in [1.165, 1.54) is 19.3 Å². The van der Waals surface area contributed by atoms with Gasteiger partial charge in [0.15, 0.2) is 0 Å². The Labute approximate surface area is 205 Å². The van der Waals surface area contributed by atoms with E-state index >= 15 is 0 Å². The topological polar surface area (TPSA) is 57.4 Å². The molecular weight excluding hydrogens is 454 g/mol. The summed E-state index contributed by atoms with van der Waals surface area (Å²) >= 11 is 7.62. The average molecular weight is 486 g/mol. The van der Waals surface area contributed by atoms with Gasteiger partial charge in [-0.2, -0.15) is 0 Å². The molecule has 5 nitrogen and oxygen atoms in total. The first-order valence-corrected chi connectivity index (χ1v) is 12.8. The first-order chi connectivity index (χ1) is 16.0. The number of likely N-dealkylation sites (tertiary alicyclic amines) is 1. The summed E-state index contributed by atoms with van der Waals surface area (Å²) in [5, 5.41) is 4.82. The third kappa shape index (κ3) is 5.68. The fourth-order valence-corrected chi connectivity index (χ4v) is 5.80. The lowest BCUT2D eigenvalue weighted by molar-refractivity contribution is 0.0919. The molecule has 0 spiro atoms. The van der Waals surface area contributed by atoms with Crippen molar-refractivity contribution in [1.82, 2.24) is 15.2 Å². The van der Waals surface area contributed by atoms with Crippen LogP contribution in [0.5, 0.6) is 5.75 Å². The molecule has 176 valence electrons. The third-order valence-corrected chi connectivity index (χ3v) is 7.86. The molecule has 3 aromatic rings. The lowest BCUT2D eigenvalue weighted by atomic mass is 9.97. The quantitative estimate of drug-likeness (QED) is 0.364. The molecule has 7 heteroatoms.